The Kier molecular flexibility index (Phi) is 7.30. The molecule has 9 nitrogen and oxygen atoms in total. The second-order valence-corrected chi connectivity index (χ2v) is 8.59. The number of nitrogens with zero attached hydrogens (tertiary/aromatic N) is 5. The number of aromatic nitrogens is 4. The first-order chi connectivity index (χ1) is 16.5. The van der Waals surface area contributed by atoms with E-state index in [1.54, 1.807) is 20.5 Å². The predicted molar refractivity (Wildman–Crippen MR) is 130 cm³/mol. The second-order valence-electron chi connectivity index (χ2n) is 8.59. The molecule has 1 aromatic carbocycles. The highest BCUT2D eigenvalue weighted by molar-refractivity contribution is 5.79. The summed E-state index contributed by atoms with van der Waals surface area (Å²) in [5.74, 6) is 2.95. The summed E-state index contributed by atoms with van der Waals surface area (Å²) in [7, 11) is 3.24. The molecule has 1 unspecified atom stereocenters. The fourth-order valence-electron chi connectivity index (χ4n) is 4.40. The molecular weight excluding hydrogens is 432 g/mol. The van der Waals surface area contributed by atoms with Crippen molar-refractivity contribution in [1.82, 2.24) is 25.1 Å². The van der Waals surface area contributed by atoms with Crippen molar-refractivity contribution < 1.29 is 14.3 Å². The number of aryl methyl sites for hydroxylation is 2. The van der Waals surface area contributed by atoms with Gasteiger partial charge in [-0.15, -0.1) is 0 Å². The molecule has 1 aliphatic heterocycles. The maximum Gasteiger partial charge on any atom is 0.224 e. The van der Waals surface area contributed by atoms with Gasteiger partial charge in [-0.2, -0.15) is 5.10 Å². The average molecular weight is 465 g/mol. The lowest BCUT2D eigenvalue weighted by molar-refractivity contribution is -0.125. The zero-order valence-corrected chi connectivity index (χ0v) is 20.2. The first-order valence-corrected chi connectivity index (χ1v) is 11.6. The van der Waals surface area contributed by atoms with Gasteiger partial charge >= 0.3 is 0 Å². The number of hydrogen-bond donors (Lipinski definition) is 1. The van der Waals surface area contributed by atoms with E-state index in [1.165, 1.54) is 0 Å². The zero-order chi connectivity index (χ0) is 24.1. The van der Waals surface area contributed by atoms with Crippen molar-refractivity contribution in [3.05, 3.63) is 53.6 Å². The van der Waals surface area contributed by atoms with Crippen molar-refractivity contribution in [3.8, 4) is 17.3 Å². The molecule has 1 fully saturated rings. The smallest absolute Gasteiger partial charge is 0.224 e. The highest BCUT2D eigenvalue weighted by Gasteiger charge is 2.26. The lowest BCUT2D eigenvalue weighted by Gasteiger charge is -2.33. The summed E-state index contributed by atoms with van der Waals surface area (Å²) >= 11 is 0. The van der Waals surface area contributed by atoms with Gasteiger partial charge in [-0.3, -0.25) is 4.79 Å². The Morgan fingerprint density at radius 1 is 1.09 bits per heavy atom. The van der Waals surface area contributed by atoms with Crippen molar-refractivity contribution in [2.45, 2.75) is 33.1 Å². The van der Waals surface area contributed by atoms with Crippen molar-refractivity contribution in [3.63, 3.8) is 0 Å². The van der Waals surface area contributed by atoms with Crippen LogP contribution in [0.1, 0.15) is 29.8 Å². The zero-order valence-electron chi connectivity index (χ0n) is 20.2. The molecule has 0 spiro atoms. The predicted octanol–water partition coefficient (Wildman–Crippen LogP) is 2.87. The van der Waals surface area contributed by atoms with E-state index in [0.717, 1.165) is 54.4 Å². The van der Waals surface area contributed by atoms with Crippen LogP contribution < -0.4 is 19.7 Å². The van der Waals surface area contributed by atoms with Crippen molar-refractivity contribution in [1.29, 1.82) is 0 Å². The number of ether oxygens (including phenoxy) is 2. The van der Waals surface area contributed by atoms with E-state index < -0.39 is 0 Å². The number of nitrogens with one attached hydrogen (secondary N) is 1. The second kappa shape index (κ2) is 10.5. The molecule has 3 heterocycles. The highest BCUT2D eigenvalue weighted by atomic mass is 16.5. The number of carbonyl (C=O) groups is 1. The van der Waals surface area contributed by atoms with Crippen LogP contribution in [0.5, 0.6) is 11.5 Å². The first kappa shape index (κ1) is 23.5. The summed E-state index contributed by atoms with van der Waals surface area (Å²) < 4.78 is 12.5. The summed E-state index contributed by atoms with van der Waals surface area (Å²) in [4.78, 5) is 23.9. The lowest BCUT2D eigenvalue weighted by Crippen LogP contribution is -2.43. The van der Waals surface area contributed by atoms with Crippen LogP contribution in [0.2, 0.25) is 0 Å². The average Bonchev–Trinajstić information content (AvgIpc) is 3.21. The standard InChI is InChI=1S/C25H32N6O3/c1-17-12-18(2)31(29-17)24-14-23(27-16-28-24)30-11-5-6-20(15-30)25(32)26-10-9-19-7-8-21(33-3)22(13-19)34-4/h7-8,12-14,16,20H,5-6,9-11,15H2,1-4H3,(H,26,32). The molecular formula is C25H32N6O3. The Balaban J connectivity index is 1.35. The Morgan fingerprint density at radius 3 is 2.62 bits per heavy atom. The van der Waals surface area contributed by atoms with Crippen molar-refractivity contribution in [2.75, 3.05) is 38.8 Å². The molecule has 1 aliphatic rings. The molecule has 1 saturated heterocycles. The van der Waals surface area contributed by atoms with Crippen LogP contribution in [0.15, 0.2) is 36.7 Å². The summed E-state index contributed by atoms with van der Waals surface area (Å²) in [5.41, 5.74) is 3.05. The molecule has 1 atom stereocenters. The van der Waals surface area contributed by atoms with E-state index in [2.05, 4.69) is 25.3 Å². The van der Waals surface area contributed by atoms with E-state index in [0.29, 0.717) is 24.6 Å². The third-order valence-corrected chi connectivity index (χ3v) is 6.14. The molecule has 0 aliphatic carbocycles. The van der Waals surface area contributed by atoms with Crippen molar-refractivity contribution in [2.24, 2.45) is 5.92 Å². The minimum atomic E-state index is -0.0775. The fraction of sp³-hybridized carbons (Fsp3) is 0.440. The summed E-state index contributed by atoms with van der Waals surface area (Å²) in [6.07, 6.45) is 4.09. The van der Waals surface area contributed by atoms with Gasteiger partial charge in [-0.25, -0.2) is 14.6 Å². The molecule has 3 aromatic rings. The number of hydrogen-bond acceptors (Lipinski definition) is 7. The third kappa shape index (κ3) is 5.30. The Bertz CT molecular complexity index is 1150. The molecule has 0 radical (unpaired) electrons. The molecule has 1 amide bonds. The van der Waals surface area contributed by atoms with E-state index >= 15 is 0 Å². The number of rotatable bonds is 8. The highest BCUT2D eigenvalue weighted by Crippen LogP contribution is 2.28. The van der Waals surface area contributed by atoms with Crippen molar-refractivity contribution >= 4 is 11.7 Å². The van der Waals surface area contributed by atoms with Gasteiger partial charge in [0.05, 0.1) is 25.8 Å². The lowest BCUT2D eigenvalue weighted by atomic mass is 9.97. The van der Waals surface area contributed by atoms with Gasteiger partial charge in [-0.1, -0.05) is 6.07 Å². The van der Waals surface area contributed by atoms with Gasteiger partial charge in [0.2, 0.25) is 5.91 Å². The van der Waals surface area contributed by atoms with Crippen LogP contribution in [-0.4, -0.2) is 59.5 Å². The van der Waals surface area contributed by atoms with Gasteiger partial charge in [0.25, 0.3) is 0 Å². The minimum Gasteiger partial charge on any atom is -0.493 e. The fourth-order valence-corrected chi connectivity index (χ4v) is 4.40. The molecule has 34 heavy (non-hydrogen) atoms. The number of amides is 1. The number of carbonyl (C=O) groups excluding carboxylic acids is 1. The number of benzene rings is 1. The van der Waals surface area contributed by atoms with E-state index in [1.807, 2.05) is 48.9 Å². The molecule has 4 rings (SSSR count). The van der Waals surface area contributed by atoms with Crippen LogP contribution in [0, 0.1) is 19.8 Å². The number of methoxy groups -OCH3 is 2. The van der Waals surface area contributed by atoms with Crippen LogP contribution >= 0.6 is 0 Å². The van der Waals surface area contributed by atoms with Crippen LogP contribution in [-0.2, 0) is 11.2 Å². The third-order valence-electron chi connectivity index (χ3n) is 6.14. The Hall–Kier alpha value is -3.62. The molecule has 2 aromatic heterocycles. The molecule has 180 valence electrons. The Morgan fingerprint density at radius 2 is 1.88 bits per heavy atom. The summed E-state index contributed by atoms with van der Waals surface area (Å²) in [6, 6.07) is 9.78. The van der Waals surface area contributed by atoms with Gasteiger partial charge in [0.1, 0.15) is 12.1 Å². The van der Waals surface area contributed by atoms with Crippen LogP contribution in [0.4, 0.5) is 5.82 Å². The van der Waals surface area contributed by atoms with Gasteiger partial charge in [-0.05, 0) is 56.9 Å². The first-order valence-electron chi connectivity index (χ1n) is 11.6. The molecule has 1 N–H and O–H groups in total. The van der Waals surface area contributed by atoms with E-state index in [9.17, 15) is 4.79 Å². The maximum absolute atomic E-state index is 12.9. The maximum atomic E-state index is 12.9. The minimum absolute atomic E-state index is 0.0775. The number of anilines is 1. The number of piperidine rings is 1. The van der Waals surface area contributed by atoms with Crippen LogP contribution in [0.25, 0.3) is 5.82 Å². The quantitative estimate of drug-likeness (QED) is 0.548. The van der Waals surface area contributed by atoms with Gasteiger partial charge < -0.3 is 19.7 Å². The summed E-state index contributed by atoms with van der Waals surface area (Å²) in [5, 5.41) is 7.62. The monoisotopic (exact) mass is 464 g/mol. The largest absolute Gasteiger partial charge is 0.493 e. The Labute approximate surface area is 200 Å². The van der Waals surface area contributed by atoms with Gasteiger partial charge in [0.15, 0.2) is 17.3 Å². The normalized spacial score (nSPS) is 15.8. The molecule has 0 bridgehead atoms. The SMILES string of the molecule is COc1ccc(CCNC(=O)C2CCCN(c3cc(-n4nc(C)cc4C)ncn3)C2)cc1OC. The van der Waals surface area contributed by atoms with Gasteiger partial charge in [0, 0.05) is 31.4 Å². The molecule has 9 heteroatoms. The van der Waals surface area contributed by atoms with E-state index in [4.69, 9.17) is 9.47 Å². The molecule has 0 saturated carbocycles. The topological polar surface area (TPSA) is 94.4 Å². The van der Waals surface area contributed by atoms with E-state index in [-0.39, 0.29) is 11.8 Å². The van der Waals surface area contributed by atoms with Crippen LogP contribution in [0.3, 0.4) is 0 Å². The summed E-state index contributed by atoms with van der Waals surface area (Å²) in [6.45, 7) is 6.04.